The summed E-state index contributed by atoms with van der Waals surface area (Å²) in [5.41, 5.74) is 9.11. The van der Waals surface area contributed by atoms with Gasteiger partial charge in [0.25, 0.3) is 0 Å². The second kappa shape index (κ2) is 12.3. The summed E-state index contributed by atoms with van der Waals surface area (Å²) in [6, 6.07) is 15.8. The van der Waals surface area contributed by atoms with Crippen molar-refractivity contribution in [3.05, 3.63) is 99.0 Å². The first-order chi connectivity index (χ1) is 19.5. The van der Waals surface area contributed by atoms with Crippen LogP contribution in [0, 0.1) is 6.92 Å². The molecule has 0 fully saturated rings. The third kappa shape index (κ3) is 6.62. The van der Waals surface area contributed by atoms with E-state index in [4.69, 9.17) is 19.4 Å². The summed E-state index contributed by atoms with van der Waals surface area (Å²) in [6.45, 7) is 6.71. The van der Waals surface area contributed by atoms with Gasteiger partial charge in [-0.05, 0) is 44.4 Å². The fourth-order valence-corrected chi connectivity index (χ4v) is 4.55. The number of aryl methyl sites for hydroxylation is 2. The van der Waals surface area contributed by atoms with Gasteiger partial charge in [-0.2, -0.15) is 0 Å². The summed E-state index contributed by atoms with van der Waals surface area (Å²) in [4.78, 5) is 29.5. The van der Waals surface area contributed by atoms with Crippen LogP contribution in [0.5, 0.6) is 0 Å². The van der Waals surface area contributed by atoms with Crippen LogP contribution in [0.15, 0.2) is 62.2 Å². The molecule has 0 aliphatic rings. The molecule has 0 aliphatic carbocycles. The van der Waals surface area contributed by atoms with Crippen molar-refractivity contribution in [1.29, 1.82) is 0 Å². The van der Waals surface area contributed by atoms with Crippen molar-refractivity contribution in [1.82, 2.24) is 15.1 Å². The number of rotatable bonds is 11. The number of imidazole rings is 1. The third-order valence-corrected chi connectivity index (χ3v) is 6.54. The molecule has 0 amide bonds. The van der Waals surface area contributed by atoms with E-state index in [2.05, 4.69) is 21.4 Å². The van der Waals surface area contributed by atoms with Gasteiger partial charge in [-0.1, -0.05) is 54.5 Å². The van der Waals surface area contributed by atoms with Gasteiger partial charge in [0.1, 0.15) is 22.7 Å². The number of amidine groups is 1. The van der Waals surface area contributed by atoms with Crippen LogP contribution in [0.25, 0.3) is 11.1 Å². The summed E-state index contributed by atoms with van der Waals surface area (Å²) in [7, 11) is 0. The van der Waals surface area contributed by atoms with Crippen LogP contribution < -0.4 is 28.0 Å². The van der Waals surface area contributed by atoms with E-state index in [1.165, 1.54) is 0 Å². The van der Waals surface area contributed by atoms with E-state index in [0.29, 0.717) is 24.6 Å². The molecule has 0 unspecified atom stereocenters. The van der Waals surface area contributed by atoms with E-state index in [0.717, 1.165) is 28.7 Å². The van der Waals surface area contributed by atoms with E-state index in [1.54, 1.807) is 25.3 Å². The lowest BCUT2D eigenvalue weighted by Crippen LogP contribution is -2.93. The summed E-state index contributed by atoms with van der Waals surface area (Å²) in [6.07, 6.45) is 1.36. The van der Waals surface area contributed by atoms with Gasteiger partial charge in [-0.3, -0.25) is 5.73 Å². The number of benzene rings is 2. The highest BCUT2D eigenvalue weighted by Gasteiger charge is 2.33. The lowest BCUT2D eigenvalue weighted by atomic mass is 9.98. The smallest absolute Gasteiger partial charge is 0.453 e. The van der Waals surface area contributed by atoms with Gasteiger partial charge < -0.3 is 23.2 Å². The molecule has 0 spiro atoms. The largest absolute Gasteiger partial charge is 0.519 e. The molecule has 2 aromatic carbocycles. The topological polar surface area (TPSA) is 187 Å². The average Bonchev–Trinajstić information content (AvgIpc) is 3.46. The highest BCUT2D eigenvalue weighted by Crippen LogP contribution is 2.28. The minimum Gasteiger partial charge on any atom is -0.453 e. The molecule has 8 N–H and O–H groups in total. The number of ether oxygens (including phenoxy) is 1. The second-order valence-electron chi connectivity index (χ2n) is 10.1. The van der Waals surface area contributed by atoms with E-state index < -0.39 is 17.4 Å². The lowest BCUT2D eigenvalue weighted by molar-refractivity contribution is -0.561. The SMILES string of the molecule is CCCc1nc(C(C)(C)O)c(C(=O)OCc2oc(=O)oc2C)n1Cc1ccc(-c2ccccc2C([NH3+])=[NH+]NN)cc1. The molecule has 2 aromatic heterocycles. The Hall–Kier alpha value is -4.52. The maximum Gasteiger partial charge on any atom is 0.519 e. The number of carbonyl (C=O) groups excluding carboxylic acids is 1. The van der Waals surface area contributed by atoms with Gasteiger partial charge >= 0.3 is 17.6 Å². The van der Waals surface area contributed by atoms with Crippen molar-refractivity contribution in [2.45, 2.75) is 59.3 Å². The Labute approximate surface area is 236 Å². The van der Waals surface area contributed by atoms with Gasteiger partial charge in [0.2, 0.25) is 0 Å². The molecular weight excluding hydrogens is 528 g/mol. The van der Waals surface area contributed by atoms with Crippen LogP contribution >= 0.6 is 0 Å². The molecule has 0 saturated carbocycles. The lowest BCUT2D eigenvalue weighted by Gasteiger charge is -2.17. The number of hydrogen-bond acceptors (Lipinski definition) is 9. The summed E-state index contributed by atoms with van der Waals surface area (Å²) < 4.78 is 17.1. The number of hydrazone groups is 1. The maximum atomic E-state index is 13.5. The van der Waals surface area contributed by atoms with Gasteiger partial charge in [0.05, 0.1) is 0 Å². The summed E-state index contributed by atoms with van der Waals surface area (Å²) in [5.74, 6) is 5.44. The van der Waals surface area contributed by atoms with Crippen molar-refractivity contribution in [3.63, 3.8) is 0 Å². The van der Waals surface area contributed by atoms with Crippen molar-refractivity contribution >= 4 is 11.8 Å². The molecule has 0 bridgehead atoms. The molecule has 2 heterocycles. The number of nitrogens with one attached hydrogen (secondary N) is 2. The molecule has 216 valence electrons. The Bertz CT molecular complexity index is 1610. The number of hydrazine groups is 2. The molecular formula is C29H36N6O6+2. The van der Waals surface area contributed by atoms with Gasteiger partial charge in [-0.25, -0.2) is 20.4 Å². The highest BCUT2D eigenvalue weighted by molar-refractivity contribution is 5.94. The zero-order valence-corrected chi connectivity index (χ0v) is 23.6. The number of nitrogens with zero attached hydrogens (tertiary/aromatic N) is 2. The molecule has 12 nitrogen and oxygen atoms in total. The second-order valence-corrected chi connectivity index (χ2v) is 10.1. The van der Waals surface area contributed by atoms with Gasteiger partial charge in [-0.15, -0.1) is 5.53 Å². The first kappa shape index (κ1) is 29.5. The molecule has 0 radical (unpaired) electrons. The fourth-order valence-electron chi connectivity index (χ4n) is 4.55. The Kier molecular flexibility index (Phi) is 8.86. The number of nitrogens with two attached hydrogens (primary N) is 1. The molecule has 41 heavy (non-hydrogen) atoms. The van der Waals surface area contributed by atoms with E-state index >= 15 is 0 Å². The van der Waals surface area contributed by atoms with Crippen molar-refractivity contribution in [2.24, 2.45) is 5.84 Å². The van der Waals surface area contributed by atoms with Gasteiger partial charge in [0, 0.05) is 18.5 Å². The predicted octanol–water partition coefficient (Wildman–Crippen LogP) is 0.437. The number of esters is 1. The fraction of sp³-hybridized carbons (Fsp3) is 0.310. The highest BCUT2D eigenvalue weighted by atomic mass is 16.6. The van der Waals surface area contributed by atoms with Crippen LogP contribution in [-0.4, -0.2) is 26.5 Å². The Morgan fingerprint density at radius 3 is 2.51 bits per heavy atom. The maximum absolute atomic E-state index is 13.5. The number of carbonyl (C=O) groups is 1. The molecule has 4 aromatic rings. The van der Waals surface area contributed by atoms with Crippen molar-refractivity contribution in [3.8, 4) is 11.1 Å². The van der Waals surface area contributed by atoms with E-state index in [9.17, 15) is 14.7 Å². The van der Waals surface area contributed by atoms with Crippen molar-refractivity contribution < 1.29 is 34.3 Å². The number of aliphatic hydroxyl groups is 1. The molecule has 0 saturated heterocycles. The third-order valence-electron chi connectivity index (χ3n) is 6.54. The molecule has 4 rings (SSSR count). The predicted molar refractivity (Wildman–Crippen MR) is 149 cm³/mol. The van der Waals surface area contributed by atoms with Crippen LogP contribution in [-0.2, 0) is 29.9 Å². The van der Waals surface area contributed by atoms with E-state index in [1.807, 2.05) is 55.5 Å². The minimum atomic E-state index is -1.41. The minimum absolute atomic E-state index is 0.115. The Morgan fingerprint density at radius 1 is 1.20 bits per heavy atom. The molecule has 12 heteroatoms. The standard InChI is InChI=1S/C29H34N6O6/c1-5-8-23-32-25(29(3,4)38)24(27(36)39-16-22-17(2)40-28(37)41-22)35(23)15-18-11-13-19(14-12-18)20-9-6-7-10-21(20)26(30)33-34-31/h6-7,9-14,34,38H,5,8,15-16,31H2,1-4H3,(H2,30,33)/p+2. The Morgan fingerprint density at radius 2 is 1.90 bits per heavy atom. The molecule has 0 aliphatic heterocycles. The van der Waals surface area contributed by atoms with E-state index in [-0.39, 0.29) is 29.5 Å². The normalized spacial score (nSPS) is 12.0. The van der Waals surface area contributed by atoms with Crippen molar-refractivity contribution in [2.75, 3.05) is 0 Å². The average molecular weight is 565 g/mol. The zero-order chi connectivity index (χ0) is 29.7. The van der Waals surface area contributed by atoms with Crippen LogP contribution in [0.4, 0.5) is 0 Å². The monoisotopic (exact) mass is 564 g/mol. The summed E-state index contributed by atoms with van der Waals surface area (Å²) in [5, 5.41) is 13.7. The quantitative estimate of drug-likeness (QED) is 0.0566. The zero-order valence-electron chi connectivity index (χ0n) is 23.6. The van der Waals surface area contributed by atoms with Crippen LogP contribution in [0.1, 0.15) is 71.8 Å². The first-order valence-corrected chi connectivity index (χ1v) is 13.2. The number of quaternary nitrogens is 1. The van der Waals surface area contributed by atoms with Crippen LogP contribution in [0.2, 0.25) is 0 Å². The van der Waals surface area contributed by atoms with Crippen LogP contribution in [0.3, 0.4) is 0 Å². The first-order valence-electron chi connectivity index (χ1n) is 13.2. The molecule has 0 atom stereocenters. The number of hydrogen-bond donors (Lipinski definition) is 5. The number of aromatic nitrogens is 2. The Balaban J connectivity index is 1.69. The summed E-state index contributed by atoms with van der Waals surface area (Å²) >= 11 is 0. The van der Waals surface area contributed by atoms with Gasteiger partial charge in [0.15, 0.2) is 23.8 Å².